The lowest BCUT2D eigenvalue weighted by Crippen LogP contribution is -2.57. The second-order valence-electron chi connectivity index (χ2n) is 7.38. The Bertz CT molecular complexity index is 532. The van der Waals surface area contributed by atoms with Crippen molar-refractivity contribution in [1.29, 1.82) is 0 Å². The fourth-order valence-electron chi connectivity index (χ4n) is 3.75. The van der Waals surface area contributed by atoms with Crippen LogP contribution >= 0.6 is 24.0 Å². The molecule has 1 amide bonds. The van der Waals surface area contributed by atoms with Crippen molar-refractivity contribution in [3.05, 3.63) is 0 Å². The van der Waals surface area contributed by atoms with Gasteiger partial charge in [-0.3, -0.25) is 19.5 Å². The van der Waals surface area contributed by atoms with Gasteiger partial charge in [0.1, 0.15) is 0 Å². The van der Waals surface area contributed by atoms with E-state index in [0.717, 1.165) is 64.6 Å². The number of esters is 1. The highest BCUT2D eigenvalue weighted by Gasteiger charge is 2.30. The van der Waals surface area contributed by atoms with Crippen molar-refractivity contribution < 1.29 is 14.3 Å². The first kappa shape index (κ1) is 25.9. The number of guanidine groups is 1. The molecular weight excluding hydrogens is 485 g/mol. The number of hydrogen-bond donors (Lipinski definition) is 1. The van der Waals surface area contributed by atoms with Gasteiger partial charge in [0.2, 0.25) is 5.91 Å². The maximum atomic E-state index is 12.6. The number of nitrogens with zero attached hydrogens (tertiary/aromatic N) is 4. The van der Waals surface area contributed by atoms with Gasteiger partial charge in [-0.05, 0) is 40.0 Å². The van der Waals surface area contributed by atoms with Crippen molar-refractivity contribution >= 4 is 41.8 Å². The van der Waals surface area contributed by atoms with Crippen LogP contribution in [0.5, 0.6) is 0 Å². The number of rotatable bonds is 8. The van der Waals surface area contributed by atoms with Crippen molar-refractivity contribution in [2.45, 2.75) is 52.5 Å². The lowest BCUT2D eigenvalue weighted by molar-refractivity contribution is -0.143. The van der Waals surface area contributed by atoms with E-state index in [1.807, 2.05) is 18.7 Å². The molecule has 0 aromatic rings. The van der Waals surface area contributed by atoms with E-state index in [0.29, 0.717) is 26.0 Å². The molecule has 0 aromatic heterocycles. The highest BCUT2D eigenvalue weighted by molar-refractivity contribution is 14.0. The molecular formula is C20H38IN5O3. The van der Waals surface area contributed by atoms with Crippen LogP contribution in [0.4, 0.5) is 0 Å². The number of piperazine rings is 1. The summed E-state index contributed by atoms with van der Waals surface area (Å²) in [7, 11) is 0. The molecule has 1 atom stereocenters. The lowest BCUT2D eigenvalue weighted by atomic mass is 10.2. The Morgan fingerprint density at radius 3 is 2.28 bits per heavy atom. The third-order valence-electron chi connectivity index (χ3n) is 5.38. The summed E-state index contributed by atoms with van der Waals surface area (Å²) in [6.45, 7) is 13.0. The molecule has 1 unspecified atom stereocenters. The van der Waals surface area contributed by atoms with Crippen molar-refractivity contribution in [2.24, 2.45) is 4.99 Å². The van der Waals surface area contributed by atoms with E-state index in [-0.39, 0.29) is 41.9 Å². The minimum atomic E-state index is -0.159. The predicted octanol–water partition coefficient (Wildman–Crippen LogP) is 1.54. The first-order valence-corrected chi connectivity index (χ1v) is 10.8. The molecule has 2 saturated heterocycles. The normalized spacial score (nSPS) is 18.9. The maximum Gasteiger partial charge on any atom is 0.305 e. The molecule has 2 aliphatic heterocycles. The van der Waals surface area contributed by atoms with Crippen LogP contribution in [0, 0.1) is 0 Å². The second-order valence-corrected chi connectivity index (χ2v) is 7.38. The lowest BCUT2D eigenvalue weighted by Gasteiger charge is -2.39. The highest BCUT2D eigenvalue weighted by Crippen LogP contribution is 2.14. The Kier molecular flexibility index (Phi) is 12.5. The maximum absolute atomic E-state index is 12.6. The number of hydrogen-bond acceptors (Lipinski definition) is 5. The molecule has 1 N–H and O–H groups in total. The van der Waals surface area contributed by atoms with Crippen molar-refractivity contribution in [1.82, 2.24) is 20.0 Å². The number of aliphatic imine (C=N–C) groups is 1. The molecule has 0 aliphatic carbocycles. The highest BCUT2D eigenvalue weighted by atomic mass is 127. The third kappa shape index (κ3) is 8.27. The molecule has 0 saturated carbocycles. The fourth-order valence-corrected chi connectivity index (χ4v) is 3.75. The summed E-state index contributed by atoms with van der Waals surface area (Å²) in [6, 6.07) is -0.0515. The SMILES string of the molecule is CCNC(=NCCCC(=O)OCC)N1CCN(C(C)C(=O)N2CCCC2)CC1.I. The first-order chi connectivity index (χ1) is 13.6. The molecule has 2 aliphatic rings. The number of nitrogens with one attached hydrogen (secondary N) is 1. The Morgan fingerprint density at radius 2 is 1.69 bits per heavy atom. The van der Waals surface area contributed by atoms with Crippen LogP contribution in [-0.2, 0) is 14.3 Å². The van der Waals surface area contributed by atoms with E-state index < -0.39 is 0 Å². The molecule has 8 nitrogen and oxygen atoms in total. The molecule has 2 heterocycles. The first-order valence-electron chi connectivity index (χ1n) is 10.8. The Hall–Kier alpha value is -1.10. The van der Waals surface area contributed by atoms with Gasteiger partial charge in [0, 0.05) is 58.8 Å². The van der Waals surface area contributed by atoms with Crippen molar-refractivity contribution in [3.8, 4) is 0 Å². The largest absolute Gasteiger partial charge is 0.466 e. The van der Waals surface area contributed by atoms with Gasteiger partial charge in [0.15, 0.2) is 5.96 Å². The summed E-state index contributed by atoms with van der Waals surface area (Å²) in [6.07, 6.45) is 3.35. The zero-order valence-electron chi connectivity index (χ0n) is 18.2. The van der Waals surface area contributed by atoms with Gasteiger partial charge in [-0.1, -0.05) is 0 Å². The number of amides is 1. The Morgan fingerprint density at radius 1 is 1.03 bits per heavy atom. The monoisotopic (exact) mass is 523 g/mol. The van der Waals surface area contributed by atoms with E-state index in [1.165, 1.54) is 0 Å². The van der Waals surface area contributed by atoms with Crippen molar-refractivity contribution in [2.75, 3.05) is 59.0 Å². The molecule has 29 heavy (non-hydrogen) atoms. The summed E-state index contributed by atoms with van der Waals surface area (Å²) in [5, 5.41) is 3.34. The van der Waals surface area contributed by atoms with Crippen LogP contribution in [0.25, 0.3) is 0 Å². The van der Waals surface area contributed by atoms with Crippen LogP contribution in [0.2, 0.25) is 0 Å². The summed E-state index contributed by atoms with van der Waals surface area (Å²) >= 11 is 0. The van der Waals surface area contributed by atoms with Gasteiger partial charge in [0.05, 0.1) is 12.6 Å². The second kappa shape index (κ2) is 14.0. The summed E-state index contributed by atoms with van der Waals surface area (Å²) in [5.74, 6) is 1.00. The smallest absolute Gasteiger partial charge is 0.305 e. The van der Waals surface area contributed by atoms with Crippen LogP contribution in [0.1, 0.15) is 46.5 Å². The molecule has 0 radical (unpaired) electrons. The predicted molar refractivity (Wildman–Crippen MR) is 126 cm³/mol. The number of ether oxygens (including phenoxy) is 1. The number of carbonyl (C=O) groups is 2. The average molecular weight is 523 g/mol. The van der Waals surface area contributed by atoms with Crippen LogP contribution in [-0.4, -0.2) is 97.5 Å². The molecule has 168 valence electrons. The van der Waals surface area contributed by atoms with Gasteiger partial charge in [-0.15, -0.1) is 24.0 Å². The minimum Gasteiger partial charge on any atom is -0.466 e. The van der Waals surface area contributed by atoms with Gasteiger partial charge in [-0.2, -0.15) is 0 Å². The third-order valence-corrected chi connectivity index (χ3v) is 5.38. The van der Waals surface area contributed by atoms with E-state index in [1.54, 1.807) is 0 Å². The molecule has 2 rings (SSSR count). The van der Waals surface area contributed by atoms with E-state index in [2.05, 4.69) is 27.0 Å². The van der Waals surface area contributed by atoms with Crippen LogP contribution in [0.3, 0.4) is 0 Å². The van der Waals surface area contributed by atoms with Gasteiger partial charge >= 0.3 is 5.97 Å². The molecule has 9 heteroatoms. The average Bonchev–Trinajstić information content (AvgIpc) is 3.24. The Labute approximate surface area is 192 Å². The van der Waals surface area contributed by atoms with E-state index >= 15 is 0 Å². The molecule has 0 aromatic carbocycles. The fraction of sp³-hybridized carbons (Fsp3) is 0.850. The van der Waals surface area contributed by atoms with E-state index in [9.17, 15) is 9.59 Å². The van der Waals surface area contributed by atoms with Gasteiger partial charge in [0.25, 0.3) is 0 Å². The summed E-state index contributed by atoms with van der Waals surface area (Å²) in [4.78, 5) is 35.3. The zero-order chi connectivity index (χ0) is 20.4. The van der Waals surface area contributed by atoms with E-state index in [4.69, 9.17) is 4.74 Å². The summed E-state index contributed by atoms with van der Waals surface area (Å²) in [5.41, 5.74) is 0. The molecule has 0 spiro atoms. The number of likely N-dealkylation sites (tertiary alicyclic amines) is 1. The van der Waals surface area contributed by atoms with Gasteiger partial charge < -0.3 is 19.9 Å². The molecule has 0 bridgehead atoms. The minimum absolute atomic E-state index is 0. The topological polar surface area (TPSA) is 77.5 Å². The van der Waals surface area contributed by atoms with Crippen LogP contribution < -0.4 is 5.32 Å². The molecule has 2 fully saturated rings. The Balaban J connectivity index is 0.00000420. The standard InChI is InChI=1S/C20H37N5O3.HI/c1-4-21-20(22-10-8-9-18(26)28-5-2)25-15-13-23(14-16-25)17(3)19(27)24-11-6-7-12-24;/h17H,4-16H2,1-3H3,(H,21,22);1H. The summed E-state index contributed by atoms with van der Waals surface area (Å²) < 4.78 is 4.95. The quantitative estimate of drug-likeness (QED) is 0.171. The van der Waals surface area contributed by atoms with Gasteiger partial charge in [-0.25, -0.2) is 0 Å². The number of halogens is 1. The van der Waals surface area contributed by atoms with Crippen LogP contribution in [0.15, 0.2) is 4.99 Å². The number of carbonyl (C=O) groups excluding carboxylic acids is 2. The van der Waals surface area contributed by atoms with Crippen molar-refractivity contribution in [3.63, 3.8) is 0 Å². The zero-order valence-corrected chi connectivity index (χ0v) is 20.5.